The first-order chi connectivity index (χ1) is 7.92. The first kappa shape index (κ1) is 9.86. The molecule has 1 saturated carbocycles. The Kier molecular flexibility index (Phi) is 2.63. The lowest BCUT2D eigenvalue weighted by Crippen LogP contribution is -2.15. The average molecular weight is 232 g/mol. The summed E-state index contributed by atoms with van der Waals surface area (Å²) in [4.78, 5) is 12.8. The summed E-state index contributed by atoms with van der Waals surface area (Å²) in [6, 6.07) is 0.721. The van der Waals surface area contributed by atoms with E-state index in [-0.39, 0.29) is 0 Å². The van der Waals surface area contributed by atoms with Crippen LogP contribution in [0.15, 0.2) is 23.3 Å². The summed E-state index contributed by atoms with van der Waals surface area (Å²) in [6.45, 7) is 0.863. The van der Waals surface area contributed by atoms with Gasteiger partial charge in [0.05, 0.1) is 5.51 Å². The van der Waals surface area contributed by atoms with Gasteiger partial charge >= 0.3 is 0 Å². The fourth-order valence-corrected chi connectivity index (χ4v) is 1.98. The fourth-order valence-electron chi connectivity index (χ4n) is 1.45. The minimum Gasteiger partial charge on any atom is -0.310 e. The summed E-state index contributed by atoms with van der Waals surface area (Å²) in [6.07, 6.45) is 6.35. The molecule has 0 aliphatic heterocycles. The van der Waals surface area contributed by atoms with Crippen LogP contribution in [-0.4, -0.2) is 21.0 Å². The van der Waals surface area contributed by atoms with Gasteiger partial charge in [0, 0.05) is 35.9 Å². The normalized spacial score (nSPS) is 15.2. The van der Waals surface area contributed by atoms with Gasteiger partial charge in [0.25, 0.3) is 0 Å². The van der Waals surface area contributed by atoms with E-state index in [4.69, 9.17) is 0 Å². The van der Waals surface area contributed by atoms with Gasteiger partial charge in [-0.05, 0) is 12.8 Å². The third-order valence-corrected chi connectivity index (χ3v) is 3.13. The molecule has 0 saturated heterocycles. The second-order valence-electron chi connectivity index (χ2n) is 3.94. The lowest BCUT2D eigenvalue weighted by Gasteiger charge is -2.02. The zero-order valence-electron chi connectivity index (χ0n) is 8.76. The smallest absolute Gasteiger partial charge is 0.178 e. The number of hydrogen-bond acceptors (Lipinski definition) is 5. The molecule has 1 aliphatic carbocycles. The minimum absolute atomic E-state index is 0.705. The average Bonchev–Trinajstić information content (AvgIpc) is 3.00. The standard InChI is InChI=1S/C11H12N4S/c1-2-9(1)12-3-8-4-13-11(14-5-8)10-6-16-7-15-10/h4-7,9,12H,1-3H2. The molecule has 4 nitrogen and oxygen atoms in total. The summed E-state index contributed by atoms with van der Waals surface area (Å²) in [5, 5.41) is 5.39. The number of nitrogens with one attached hydrogen (secondary N) is 1. The largest absolute Gasteiger partial charge is 0.310 e. The van der Waals surface area contributed by atoms with Crippen molar-refractivity contribution in [1.82, 2.24) is 20.3 Å². The van der Waals surface area contributed by atoms with E-state index in [1.165, 1.54) is 12.8 Å². The van der Waals surface area contributed by atoms with E-state index in [1.807, 2.05) is 17.8 Å². The van der Waals surface area contributed by atoms with E-state index < -0.39 is 0 Å². The number of aromatic nitrogens is 3. The molecule has 0 amide bonds. The van der Waals surface area contributed by atoms with Gasteiger partial charge in [0.2, 0.25) is 0 Å². The van der Waals surface area contributed by atoms with Crippen molar-refractivity contribution >= 4 is 11.3 Å². The van der Waals surface area contributed by atoms with Gasteiger partial charge in [-0.1, -0.05) is 0 Å². The third kappa shape index (κ3) is 2.25. The van der Waals surface area contributed by atoms with Gasteiger partial charge in [0.15, 0.2) is 5.82 Å². The van der Waals surface area contributed by atoms with Crippen molar-refractivity contribution in [1.29, 1.82) is 0 Å². The molecule has 1 fully saturated rings. The minimum atomic E-state index is 0.705. The fraction of sp³-hybridized carbons (Fsp3) is 0.364. The SMILES string of the molecule is c1nc(-c2ncc(CNC3CC3)cn2)cs1. The summed E-state index contributed by atoms with van der Waals surface area (Å²) < 4.78 is 0. The summed E-state index contributed by atoms with van der Waals surface area (Å²) in [5.74, 6) is 0.705. The van der Waals surface area contributed by atoms with E-state index in [2.05, 4.69) is 20.3 Å². The van der Waals surface area contributed by atoms with E-state index >= 15 is 0 Å². The molecule has 2 aromatic heterocycles. The number of hydrogen-bond donors (Lipinski definition) is 1. The number of nitrogens with zero attached hydrogens (tertiary/aromatic N) is 3. The summed E-state index contributed by atoms with van der Waals surface area (Å²) >= 11 is 1.56. The van der Waals surface area contributed by atoms with Gasteiger partial charge in [-0.15, -0.1) is 11.3 Å². The molecule has 0 spiro atoms. The zero-order valence-corrected chi connectivity index (χ0v) is 9.57. The summed E-state index contributed by atoms with van der Waals surface area (Å²) in [7, 11) is 0. The van der Waals surface area contributed by atoms with Crippen LogP contribution in [0.2, 0.25) is 0 Å². The molecule has 0 atom stereocenters. The summed E-state index contributed by atoms with van der Waals surface area (Å²) in [5.41, 5.74) is 3.78. The molecule has 1 N–H and O–H groups in total. The number of rotatable bonds is 4. The van der Waals surface area contributed by atoms with E-state index in [9.17, 15) is 0 Å². The Bertz CT molecular complexity index is 447. The molecule has 0 aromatic carbocycles. The highest BCUT2D eigenvalue weighted by Gasteiger charge is 2.19. The van der Waals surface area contributed by atoms with Gasteiger partial charge in [-0.25, -0.2) is 15.0 Å². The molecule has 5 heteroatoms. The first-order valence-electron chi connectivity index (χ1n) is 5.35. The Morgan fingerprint density at radius 3 is 2.69 bits per heavy atom. The maximum absolute atomic E-state index is 4.31. The van der Waals surface area contributed by atoms with Crippen LogP contribution in [0.4, 0.5) is 0 Å². The Morgan fingerprint density at radius 2 is 2.06 bits per heavy atom. The molecule has 0 radical (unpaired) electrons. The van der Waals surface area contributed by atoms with Crippen LogP contribution in [0.5, 0.6) is 0 Å². The van der Waals surface area contributed by atoms with Crippen LogP contribution in [0, 0.1) is 0 Å². The van der Waals surface area contributed by atoms with Crippen LogP contribution in [0.25, 0.3) is 11.5 Å². The predicted octanol–water partition coefficient (Wildman–Crippen LogP) is 1.85. The van der Waals surface area contributed by atoms with Crippen molar-refractivity contribution in [2.24, 2.45) is 0 Å². The van der Waals surface area contributed by atoms with E-state index in [1.54, 1.807) is 16.8 Å². The predicted molar refractivity (Wildman–Crippen MR) is 63.0 cm³/mol. The van der Waals surface area contributed by atoms with Crippen LogP contribution < -0.4 is 5.32 Å². The molecule has 0 bridgehead atoms. The monoisotopic (exact) mass is 232 g/mol. The van der Waals surface area contributed by atoms with Gasteiger partial charge in [0.1, 0.15) is 5.69 Å². The van der Waals surface area contributed by atoms with Crippen LogP contribution in [-0.2, 0) is 6.54 Å². The molecule has 0 unspecified atom stereocenters. The molecule has 2 aromatic rings. The topological polar surface area (TPSA) is 50.7 Å². The molecule has 16 heavy (non-hydrogen) atoms. The Labute approximate surface area is 97.8 Å². The maximum Gasteiger partial charge on any atom is 0.178 e. The highest BCUT2D eigenvalue weighted by atomic mass is 32.1. The van der Waals surface area contributed by atoms with E-state index in [0.717, 1.165) is 23.8 Å². The zero-order chi connectivity index (χ0) is 10.8. The lowest BCUT2D eigenvalue weighted by molar-refractivity contribution is 0.683. The molecular formula is C11H12N4S. The second kappa shape index (κ2) is 4.27. The Hall–Kier alpha value is -1.33. The van der Waals surface area contributed by atoms with Crippen LogP contribution in [0.1, 0.15) is 18.4 Å². The van der Waals surface area contributed by atoms with Crippen molar-refractivity contribution in [2.75, 3.05) is 0 Å². The van der Waals surface area contributed by atoms with Gasteiger partial charge in [-0.2, -0.15) is 0 Å². The van der Waals surface area contributed by atoms with Crippen LogP contribution in [0.3, 0.4) is 0 Å². The van der Waals surface area contributed by atoms with Crippen molar-refractivity contribution in [3.63, 3.8) is 0 Å². The molecule has 2 heterocycles. The number of thiazole rings is 1. The van der Waals surface area contributed by atoms with Gasteiger partial charge in [-0.3, -0.25) is 0 Å². The van der Waals surface area contributed by atoms with Crippen molar-refractivity contribution in [2.45, 2.75) is 25.4 Å². The van der Waals surface area contributed by atoms with Crippen molar-refractivity contribution < 1.29 is 0 Å². The molecule has 82 valence electrons. The van der Waals surface area contributed by atoms with Crippen molar-refractivity contribution in [3.8, 4) is 11.5 Å². The maximum atomic E-state index is 4.31. The highest BCUT2D eigenvalue weighted by molar-refractivity contribution is 7.07. The second-order valence-corrected chi connectivity index (χ2v) is 4.66. The lowest BCUT2D eigenvalue weighted by atomic mass is 10.3. The molecule has 1 aliphatic rings. The Morgan fingerprint density at radius 1 is 1.25 bits per heavy atom. The van der Waals surface area contributed by atoms with Crippen molar-refractivity contribution in [3.05, 3.63) is 28.8 Å². The third-order valence-electron chi connectivity index (χ3n) is 2.54. The van der Waals surface area contributed by atoms with Crippen LogP contribution >= 0.6 is 11.3 Å². The molecular weight excluding hydrogens is 220 g/mol. The highest BCUT2D eigenvalue weighted by Crippen LogP contribution is 2.19. The first-order valence-corrected chi connectivity index (χ1v) is 6.29. The quantitative estimate of drug-likeness (QED) is 0.874. The van der Waals surface area contributed by atoms with E-state index in [0.29, 0.717) is 5.82 Å². The Balaban J connectivity index is 1.69. The molecule has 3 rings (SSSR count). The van der Waals surface area contributed by atoms with Gasteiger partial charge < -0.3 is 5.32 Å².